The van der Waals surface area contributed by atoms with Gasteiger partial charge in [0.25, 0.3) is 0 Å². The van der Waals surface area contributed by atoms with Crippen molar-refractivity contribution in [1.82, 2.24) is 0 Å². The average Bonchev–Trinajstić information content (AvgIpc) is 2.34. The minimum atomic E-state index is 0.623. The zero-order valence-corrected chi connectivity index (χ0v) is 11.6. The quantitative estimate of drug-likeness (QED) is 0.609. The zero-order valence-electron chi connectivity index (χ0n) is 11.6. The van der Waals surface area contributed by atoms with Crippen molar-refractivity contribution in [2.24, 2.45) is 0 Å². The van der Waals surface area contributed by atoms with E-state index in [4.69, 9.17) is 0 Å². The topological polar surface area (TPSA) is 12.0 Å². The number of anilines is 1. The molecule has 0 aliphatic carbocycles. The van der Waals surface area contributed by atoms with Crippen LogP contribution in [0.2, 0.25) is 0 Å². The monoisotopic (exact) mass is 233 g/mol. The van der Waals surface area contributed by atoms with Crippen LogP contribution < -0.4 is 5.32 Å². The second-order valence-electron chi connectivity index (χ2n) is 5.12. The molecule has 1 nitrogen and oxygen atoms in total. The Bertz CT molecular complexity index is 287. The van der Waals surface area contributed by atoms with Crippen LogP contribution in [0.4, 0.5) is 5.69 Å². The van der Waals surface area contributed by atoms with E-state index in [1.807, 2.05) is 0 Å². The van der Waals surface area contributed by atoms with Crippen LogP contribution >= 0.6 is 0 Å². The van der Waals surface area contributed by atoms with Gasteiger partial charge in [0.1, 0.15) is 0 Å². The molecule has 0 bridgehead atoms. The smallest absolute Gasteiger partial charge is 0.0340 e. The Morgan fingerprint density at radius 1 is 0.941 bits per heavy atom. The van der Waals surface area contributed by atoms with Crippen LogP contribution in [-0.2, 0) is 0 Å². The van der Waals surface area contributed by atoms with Crippen LogP contribution in [0, 0.1) is 0 Å². The van der Waals surface area contributed by atoms with Gasteiger partial charge in [-0.15, -0.1) is 0 Å². The van der Waals surface area contributed by atoms with E-state index in [2.05, 4.69) is 50.4 Å². The summed E-state index contributed by atoms with van der Waals surface area (Å²) in [5.41, 5.74) is 2.67. The van der Waals surface area contributed by atoms with Gasteiger partial charge in [-0.25, -0.2) is 0 Å². The van der Waals surface area contributed by atoms with Gasteiger partial charge in [-0.2, -0.15) is 0 Å². The van der Waals surface area contributed by atoms with E-state index < -0.39 is 0 Å². The molecule has 0 atom stereocenters. The van der Waals surface area contributed by atoms with Gasteiger partial charge in [0, 0.05) is 12.2 Å². The molecule has 17 heavy (non-hydrogen) atoms. The summed E-state index contributed by atoms with van der Waals surface area (Å²) < 4.78 is 0. The molecule has 0 heterocycles. The summed E-state index contributed by atoms with van der Waals surface area (Å²) in [6.45, 7) is 7.82. The summed E-state index contributed by atoms with van der Waals surface area (Å²) in [6, 6.07) is 8.84. The number of rotatable bonds is 8. The van der Waals surface area contributed by atoms with Gasteiger partial charge in [0.05, 0.1) is 0 Å². The summed E-state index contributed by atoms with van der Waals surface area (Å²) in [7, 11) is 0. The normalized spacial score (nSPS) is 10.8. The maximum absolute atomic E-state index is 3.49. The number of nitrogens with one attached hydrogen (secondary N) is 1. The van der Waals surface area contributed by atoms with Gasteiger partial charge in [0.15, 0.2) is 0 Å². The minimum Gasteiger partial charge on any atom is -0.385 e. The Labute approximate surface area is 107 Å². The maximum Gasteiger partial charge on any atom is 0.0340 e. The Morgan fingerprint density at radius 2 is 1.59 bits per heavy atom. The van der Waals surface area contributed by atoms with E-state index >= 15 is 0 Å². The molecule has 0 amide bonds. The lowest BCUT2D eigenvalue weighted by molar-refractivity contribution is 0.645. The van der Waals surface area contributed by atoms with Crippen LogP contribution in [0.1, 0.15) is 64.4 Å². The van der Waals surface area contributed by atoms with Crippen molar-refractivity contribution in [1.29, 1.82) is 0 Å². The van der Waals surface area contributed by atoms with Crippen molar-refractivity contribution < 1.29 is 0 Å². The van der Waals surface area contributed by atoms with Gasteiger partial charge in [-0.05, 0) is 30.0 Å². The minimum absolute atomic E-state index is 0.623. The number of benzene rings is 1. The van der Waals surface area contributed by atoms with E-state index in [0.717, 1.165) is 6.54 Å². The summed E-state index contributed by atoms with van der Waals surface area (Å²) >= 11 is 0. The summed E-state index contributed by atoms with van der Waals surface area (Å²) in [4.78, 5) is 0. The largest absolute Gasteiger partial charge is 0.385 e. The van der Waals surface area contributed by atoms with Gasteiger partial charge in [-0.3, -0.25) is 0 Å². The van der Waals surface area contributed by atoms with Gasteiger partial charge in [-0.1, -0.05) is 58.6 Å². The lowest BCUT2D eigenvalue weighted by Gasteiger charge is -2.09. The molecule has 0 unspecified atom stereocenters. The highest BCUT2D eigenvalue weighted by atomic mass is 14.9. The molecule has 0 saturated heterocycles. The Kier molecular flexibility index (Phi) is 6.76. The van der Waals surface area contributed by atoms with Crippen molar-refractivity contribution in [2.45, 2.75) is 58.8 Å². The first kappa shape index (κ1) is 14.1. The standard InChI is InChI=1S/C16H27N/c1-4-5-6-7-8-13-17-16-11-9-15(10-12-16)14(2)3/h9-12,14,17H,4-8,13H2,1-3H3. The Morgan fingerprint density at radius 3 is 2.18 bits per heavy atom. The van der Waals surface area contributed by atoms with Crippen LogP contribution in [0.5, 0.6) is 0 Å². The van der Waals surface area contributed by atoms with Crippen LogP contribution in [0.25, 0.3) is 0 Å². The summed E-state index contributed by atoms with van der Waals surface area (Å²) in [6.07, 6.45) is 6.72. The van der Waals surface area contributed by atoms with Crippen LogP contribution in [-0.4, -0.2) is 6.54 Å². The molecule has 0 fully saturated rings. The predicted octanol–water partition coefficient (Wildman–Crippen LogP) is 5.19. The SMILES string of the molecule is CCCCCCCNc1ccc(C(C)C)cc1. The van der Waals surface area contributed by atoms with E-state index in [-0.39, 0.29) is 0 Å². The molecule has 0 spiro atoms. The first-order valence-corrected chi connectivity index (χ1v) is 7.08. The van der Waals surface area contributed by atoms with Gasteiger partial charge in [0.2, 0.25) is 0 Å². The highest BCUT2D eigenvalue weighted by Crippen LogP contribution is 2.17. The van der Waals surface area contributed by atoms with Crippen molar-refractivity contribution >= 4 is 5.69 Å². The molecule has 0 aliphatic heterocycles. The molecule has 1 heteroatoms. The predicted molar refractivity (Wildman–Crippen MR) is 77.8 cm³/mol. The maximum atomic E-state index is 3.49. The molecular weight excluding hydrogens is 206 g/mol. The average molecular weight is 233 g/mol. The van der Waals surface area contributed by atoms with Crippen LogP contribution in [0.3, 0.4) is 0 Å². The fourth-order valence-electron chi connectivity index (χ4n) is 1.95. The van der Waals surface area contributed by atoms with Gasteiger partial charge < -0.3 is 5.32 Å². The fourth-order valence-corrected chi connectivity index (χ4v) is 1.95. The highest BCUT2D eigenvalue weighted by molar-refractivity contribution is 5.44. The zero-order chi connectivity index (χ0) is 12.5. The second kappa shape index (κ2) is 8.16. The molecule has 96 valence electrons. The first-order chi connectivity index (χ1) is 8.24. The highest BCUT2D eigenvalue weighted by Gasteiger charge is 1.98. The van der Waals surface area contributed by atoms with Crippen LogP contribution in [0.15, 0.2) is 24.3 Å². The number of unbranched alkanes of at least 4 members (excludes halogenated alkanes) is 4. The van der Waals surface area contributed by atoms with E-state index in [9.17, 15) is 0 Å². The lowest BCUT2D eigenvalue weighted by atomic mass is 10.0. The van der Waals surface area contributed by atoms with Crippen molar-refractivity contribution in [3.8, 4) is 0 Å². The lowest BCUT2D eigenvalue weighted by Crippen LogP contribution is -2.01. The molecule has 0 radical (unpaired) electrons. The number of hydrogen-bond acceptors (Lipinski definition) is 1. The third kappa shape index (κ3) is 5.76. The molecule has 1 N–H and O–H groups in total. The molecule has 0 aliphatic rings. The number of hydrogen-bond donors (Lipinski definition) is 1. The van der Waals surface area contributed by atoms with E-state index in [1.54, 1.807) is 0 Å². The Balaban J connectivity index is 2.19. The van der Waals surface area contributed by atoms with Crippen molar-refractivity contribution in [2.75, 3.05) is 11.9 Å². The Hall–Kier alpha value is -0.980. The van der Waals surface area contributed by atoms with E-state index in [1.165, 1.54) is 43.4 Å². The molecular formula is C16H27N. The molecule has 0 saturated carbocycles. The molecule has 0 aromatic heterocycles. The molecule has 1 aromatic rings. The molecule has 1 rings (SSSR count). The van der Waals surface area contributed by atoms with E-state index in [0.29, 0.717) is 5.92 Å². The van der Waals surface area contributed by atoms with Crippen molar-refractivity contribution in [3.05, 3.63) is 29.8 Å². The summed E-state index contributed by atoms with van der Waals surface area (Å²) in [5.74, 6) is 0.623. The summed E-state index contributed by atoms with van der Waals surface area (Å²) in [5, 5.41) is 3.49. The fraction of sp³-hybridized carbons (Fsp3) is 0.625. The van der Waals surface area contributed by atoms with Gasteiger partial charge >= 0.3 is 0 Å². The third-order valence-corrected chi connectivity index (χ3v) is 3.19. The third-order valence-electron chi connectivity index (χ3n) is 3.19. The molecule has 1 aromatic carbocycles. The second-order valence-corrected chi connectivity index (χ2v) is 5.12. The van der Waals surface area contributed by atoms with Crippen molar-refractivity contribution in [3.63, 3.8) is 0 Å². The first-order valence-electron chi connectivity index (χ1n) is 7.08.